The van der Waals surface area contributed by atoms with Crippen LogP contribution in [0.5, 0.6) is 0 Å². The molecule has 0 aliphatic carbocycles. The maximum atomic E-state index is 9.44. The summed E-state index contributed by atoms with van der Waals surface area (Å²) in [5.41, 5.74) is 2.88. The maximum Gasteiger partial charge on any atom is 0.192 e. The Balaban J connectivity index is 2.22. The van der Waals surface area contributed by atoms with Gasteiger partial charge in [-0.2, -0.15) is 0 Å². The van der Waals surface area contributed by atoms with Crippen molar-refractivity contribution in [1.29, 1.82) is 0 Å². The Morgan fingerprint density at radius 3 is 2.31 bits per heavy atom. The largest absolute Gasteiger partial charge is 0.410 e. The summed E-state index contributed by atoms with van der Waals surface area (Å²) in [6.07, 6.45) is 8.94. The van der Waals surface area contributed by atoms with Crippen molar-refractivity contribution in [2.24, 2.45) is 0 Å². The van der Waals surface area contributed by atoms with E-state index in [-0.39, 0.29) is 17.7 Å². The van der Waals surface area contributed by atoms with E-state index in [1.54, 1.807) is 0 Å². The summed E-state index contributed by atoms with van der Waals surface area (Å²) in [6.45, 7) is 13.8. The van der Waals surface area contributed by atoms with Crippen LogP contribution in [0.2, 0.25) is 18.1 Å². The van der Waals surface area contributed by atoms with Gasteiger partial charge < -0.3 is 9.53 Å². The standard InChI is InChI=1S/C25H41NO2Si/c1-7-8-9-10-11-12-13-24(28-29(5,6)25(2,3)4)21-15-14-20-16-17-22(19-27)26-23(20)18-21/h14-18,24,27H,7-13,19H2,1-6H3. The van der Waals surface area contributed by atoms with Crippen molar-refractivity contribution in [1.82, 2.24) is 4.98 Å². The average Bonchev–Trinajstić information content (AvgIpc) is 2.67. The first-order valence-electron chi connectivity index (χ1n) is 11.4. The van der Waals surface area contributed by atoms with E-state index in [1.165, 1.54) is 44.1 Å². The van der Waals surface area contributed by atoms with Crippen LogP contribution in [0.4, 0.5) is 0 Å². The molecule has 0 aliphatic rings. The quantitative estimate of drug-likeness (QED) is 0.304. The molecule has 2 aromatic rings. The molecule has 1 aromatic carbocycles. The van der Waals surface area contributed by atoms with E-state index in [1.807, 2.05) is 12.1 Å². The number of aliphatic hydroxyl groups is 1. The minimum absolute atomic E-state index is 0.0260. The van der Waals surface area contributed by atoms with E-state index in [0.29, 0.717) is 5.69 Å². The molecule has 1 heterocycles. The van der Waals surface area contributed by atoms with Crippen LogP contribution in [-0.4, -0.2) is 18.4 Å². The molecule has 1 atom stereocenters. The molecule has 3 nitrogen and oxygen atoms in total. The summed E-state index contributed by atoms with van der Waals surface area (Å²) in [6, 6.07) is 10.4. The molecule has 0 amide bonds. The molecule has 0 radical (unpaired) electrons. The Labute approximate surface area is 179 Å². The summed E-state index contributed by atoms with van der Waals surface area (Å²) in [5, 5.41) is 10.7. The number of benzene rings is 1. The summed E-state index contributed by atoms with van der Waals surface area (Å²) >= 11 is 0. The van der Waals surface area contributed by atoms with Crippen molar-refractivity contribution >= 4 is 19.2 Å². The molecular formula is C25H41NO2Si. The van der Waals surface area contributed by atoms with Crippen LogP contribution in [0.25, 0.3) is 10.9 Å². The lowest BCUT2D eigenvalue weighted by molar-refractivity contribution is 0.169. The Morgan fingerprint density at radius 1 is 1.00 bits per heavy atom. The second-order valence-corrected chi connectivity index (χ2v) is 14.6. The first-order valence-corrected chi connectivity index (χ1v) is 14.3. The number of hydrogen-bond acceptors (Lipinski definition) is 3. The molecule has 0 saturated carbocycles. The van der Waals surface area contributed by atoms with E-state index in [4.69, 9.17) is 4.43 Å². The molecule has 2 rings (SSSR count). The maximum absolute atomic E-state index is 9.44. The molecule has 0 bridgehead atoms. The third-order valence-electron chi connectivity index (χ3n) is 6.37. The van der Waals surface area contributed by atoms with Crippen molar-refractivity contribution in [2.75, 3.05) is 0 Å². The summed E-state index contributed by atoms with van der Waals surface area (Å²) in [4.78, 5) is 4.62. The lowest BCUT2D eigenvalue weighted by Gasteiger charge is -2.39. The van der Waals surface area contributed by atoms with Gasteiger partial charge in [-0.25, -0.2) is 0 Å². The molecule has 0 spiro atoms. The van der Waals surface area contributed by atoms with Crippen molar-refractivity contribution in [2.45, 2.75) is 103 Å². The number of aromatic nitrogens is 1. The van der Waals surface area contributed by atoms with Crippen LogP contribution in [0.1, 0.15) is 90.0 Å². The number of rotatable bonds is 11. The lowest BCUT2D eigenvalue weighted by Crippen LogP contribution is -2.41. The van der Waals surface area contributed by atoms with E-state index in [0.717, 1.165) is 17.3 Å². The van der Waals surface area contributed by atoms with Gasteiger partial charge in [0.2, 0.25) is 0 Å². The third kappa shape index (κ3) is 6.90. The minimum Gasteiger partial charge on any atom is -0.410 e. The number of aliphatic hydroxyl groups excluding tert-OH is 1. The average molecular weight is 416 g/mol. The highest BCUT2D eigenvalue weighted by atomic mass is 28.4. The van der Waals surface area contributed by atoms with Gasteiger partial charge in [-0.1, -0.05) is 84.4 Å². The Bertz CT molecular complexity index is 767. The fourth-order valence-corrected chi connectivity index (χ4v) is 4.72. The molecule has 162 valence electrons. The Hall–Kier alpha value is -1.23. The summed E-state index contributed by atoms with van der Waals surface area (Å²) in [7, 11) is -1.88. The molecule has 4 heteroatoms. The fraction of sp³-hybridized carbons (Fsp3) is 0.640. The Morgan fingerprint density at radius 2 is 1.66 bits per heavy atom. The minimum atomic E-state index is -1.88. The lowest BCUT2D eigenvalue weighted by atomic mass is 10.0. The molecule has 1 N–H and O–H groups in total. The molecule has 29 heavy (non-hydrogen) atoms. The zero-order valence-electron chi connectivity index (χ0n) is 19.4. The van der Waals surface area contributed by atoms with E-state index in [9.17, 15) is 5.11 Å². The van der Waals surface area contributed by atoms with Crippen molar-refractivity contribution in [3.05, 3.63) is 41.6 Å². The smallest absolute Gasteiger partial charge is 0.192 e. The molecule has 0 aliphatic heterocycles. The van der Waals surface area contributed by atoms with Gasteiger partial charge in [0.05, 0.1) is 23.9 Å². The Kier molecular flexibility index (Phi) is 8.86. The second-order valence-electron chi connectivity index (χ2n) is 9.84. The third-order valence-corrected chi connectivity index (χ3v) is 10.9. The highest BCUT2D eigenvalue weighted by Gasteiger charge is 2.39. The van der Waals surface area contributed by atoms with E-state index in [2.05, 4.69) is 64.0 Å². The predicted octanol–water partition coefficient (Wildman–Crippen LogP) is 7.54. The first-order chi connectivity index (χ1) is 13.7. The van der Waals surface area contributed by atoms with Crippen molar-refractivity contribution in [3.63, 3.8) is 0 Å². The molecule has 0 fully saturated rings. The predicted molar refractivity (Wildman–Crippen MR) is 127 cm³/mol. The first kappa shape index (κ1) is 24.0. The number of fused-ring (bicyclic) bond motifs is 1. The number of nitrogens with zero attached hydrogens (tertiary/aromatic N) is 1. The van der Waals surface area contributed by atoms with Gasteiger partial charge in [0.1, 0.15) is 0 Å². The zero-order valence-corrected chi connectivity index (χ0v) is 20.4. The number of unbranched alkanes of at least 4 members (excludes halogenated alkanes) is 5. The van der Waals surface area contributed by atoms with Gasteiger partial charge in [-0.15, -0.1) is 0 Å². The fourth-order valence-electron chi connectivity index (χ4n) is 3.40. The van der Waals surface area contributed by atoms with Crippen LogP contribution in [0, 0.1) is 0 Å². The summed E-state index contributed by atoms with van der Waals surface area (Å²) < 4.78 is 6.88. The normalized spacial score (nSPS) is 13.8. The number of pyridine rings is 1. The van der Waals surface area contributed by atoms with Crippen LogP contribution < -0.4 is 0 Å². The van der Waals surface area contributed by atoms with Crippen LogP contribution >= 0.6 is 0 Å². The van der Waals surface area contributed by atoms with E-state index >= 15 is 0 Å². The zero-order chi connectivity index (χ0) is 21.5. The van der Waals surface area contributed by atoms with Gasteiger partial charge in [0.15, 0.2) is 8.32 Å². The monoisotopic (exact) mass is 415 g/mol. The molecule has 1 unspecified atom stereocenters. The van der Waals surface area contributed by atoms with Crippen molar-refractivity contribution in [3.8, 4) is 0 Å². The SMILES string of the molecule is CCCCCCCCC(O[Si](C)(C)C(C)(C)C)c1ccc2ccc(CO)nc2c1. The molecular weight excluding hydrogens is 374 g/mol. The number of hydrogen-bond donors (Lipinski definition) is 1. The molecule has 0 saturated heterocycles. The van der Waals surface area contributed by atoms with Gasteiger partial charge in [0, 0.05) is 5.39 Å². The van der Waals surface area contributed by atoms with Crippen LogP contribution in [0.3, 0.4) is 0 Å². The van der Waals surface area contributed by atoms with Gasteiger partial charge >= 0.3 is 0 Å². The topological polar surface area (TPSA) is 42.4 Å². The molecule has 1 aromatic heterocycles. The van der Waals surface area contributed by atoms with Crippen LogP contribution in [0.15, 0.2) is 30.3 Å². The van der Waals surface area contributed by atoms with E-state index < -0.39 is 8.32 Å². The van der Waals surface area contributed by atoms with Gasteiger partial charge in [-0.3, -0.25) is 4.98 Å². The van der Waals surface area contributed by atoms with Crippen LogP contribution in [-0.2, 0) is 11.0 Å². The second kappa shape index (κ2) is 10.7. The highest BCUT2D eigenvalue weighted by molar-refractivity contribution is 6.74. The highest BCUT2D eigenvalue weighted by Crippen LogP contribution is 2.41. The van der Waals surface area contributed by atoms with Gasteiger partial charge in [-0.05, 0) is 42.2 Å². The van der Waals surface area contributed by atoms with Crippen molar-refractivity contribution < 1.29 is 9.53 Å². The summed E-state index contributed by atoms with van der Waals surface area (Å²) in [5.74, 6) is 0. The van der Waals surface area contributed by atoms with Gasteiger partial charge in [0.25, 0.3) is 0 Å².